The van der Waals surface area contributed by atoms with E-state index in [1.807, 2.05) is 57.2 Å². The first-order valence-corrected chi connectivity index (χ1v) is 15.8. The van der Waals surface area contributed by atoms with Crippen molar-refractivity contribution in [1.29, 1.82) is 0 Å². The quantitative estimate of drug-likeness (QED) is 0.189. The van der Waals surface area contributed by atoms with Crippen LogP contribution in [0.15, 0.2) is 78.0 Å². The lowest BCUT2D eigenvalue weighted by atomic mass is 9.95. The molecule has 1 atom stereocenters. The van der Waals surface area contributed by atoms with Crippen LogP contribution in [0.1, 0.15) is 50.2 Å². The van der Waals surface area contributed by atoms with Crippen molar-refractivity contribution in [2.45, 2.75) is 45.4 Å². The second-order valence-corrected chi connectivity index (χ2v) is 11.9. The topological polar surface area (TPSA) is 111 Å². The normalized spacial score (nSPS) is 14.9. The number of ether oxygens (including phenoxy) is 2. The van der Waals surface area contributed by atoms with Crippen molar-refractivity contribution in [2.24, 2.45) is 4.99 Å². The highest BCUT2D eigenvalue weighted by Gasteiger charge is 2.33. The molecule has 0 bridgehead atoms. The van der Waals surface area contributed by atoms with Crippen LogP contribution in [-0.2, 0) is 4.79 Å². The molecule has 2 heterocycles. The Balaban J connectivity index is 1.23. The van der Waals surface area contributed by atoms with Crippen LogP contribution in [0.4, 0.5) is 23.7 Å². The molecule has 1 unspecified atom stereocenters. The Morgan fingerprint density at radius 2 is 1.77 bits per heavy atom. The van der Waals surface area contributed by atoms with E-state index in [-0.39, 0.29) is 29.2 Å². The van der Waals surface area contributed by atoms with Crippen LogP contribution in [0.5, 0.6) is 11.5 Å². The number of benzene rings is 3. The summed E-state index contributed by atoms with van der Waals surface area (Å²) in [7, 11) is 1.56. The van der Waals surface area contributed by atoms with Crippen molar-refractivity contribution in [1.82, 2.24) is 20.1 Å². The Hall–Kier alpha value is -4.85. The number of alkyl halides is 3. The van der Waals surface area contributed by atoms with E-state index in [0.29, 0.717) is 34.7 Å². The summed E-state index contributed by atoms with van der Waals surface area (Å²) in [4.78, 5) is 36.0. The third-order valence-corrected chi connectivity index (χ3v) is 8.45. The van der Waals surface area contributed by atoms with E-state index < -0.39 is 12.4 Å². The van der Waals surface area contributed by atoms with Crippen LogP contribution in [0.2, 0.25) is 0 Å². The zero-order chi connectivity index (χ0) is 33.7. The van der Waals surface area contributed by atoms with Crippen molar-refractivity contribution >= 4 is 34.6 Å². The van der Waals surface area contributed by atoms with Crippen LogP contribution < -0.4 is 19.7 Å². The van der Waals surface area contributed by atoms with Crippen LogP contribution in [0, 0.1) is 0 Å². The number of methoxy groups -OCH3 is 1. The molecule has 0 aliphatic carbocycles. The van der Waals surface area contributed by atoms with Crippen molar-refractivity contribution in [3.8, 4) is 28.6 Å². The average molecular weight is 667 g/mol. The minimum Gasteiger partial charge on any atom is -0.497 e. The maximum absolute atomic E-state index is 13.0. The number of nitrogens with one attached hydrogen (secondary N) is 1. The fourth-order valence-corrected chi connectivity index (χ4v) is 5.93. The molecular weight excluding hydrogens is 633 g/mol. The van der Waals surface area contributed by atoms with Crippen LogP contribution in [-0.4, -0.2) is 57.6 Å². The smallest absolute Gasteiger partial charge is 0.497 e. The molecule has 4 aromatic rings. The van der Waals surface area contributed by atoms with Crippen LogP contribution in [0.3, 0.4) is 0 Å². The van der Waals surface area contributed by atoms with Gasteiger partial charge in [-0.15, -0.1) is 18.3 Å². The molecule has 246 valence electrons. The number of carbonyl (C=O) groups excluding carboxylic acids is 2. The molecule has 10 nitrogen and oxygen atoms in total. The van der Waals surface area contributed by atoms with Crippen molar-refractivity contribution in [3.63, 3.8) is 0 Å². The van der Waals surface area contributed by atoms with Gasteiger partial charge in [-0.05, 0) is 53.8 Å². The molecule has 3 amide bonds. The number of halogens is 3. The highest BCUT2D eigenvalue weighted by molar-refractivity contribution is 8.15. The summed E-state index contributed by atoms with van der Waals surface area (Å²) in [6.45, 7) is 6.42. The molecule has 1 fully saturated rings. The third-order valence-electron chi connectivity index (χ3n) is 7.52. The van der Waals surface area contributed by atoms with Gasteiger partial charge in [0.1, 0.15) is 17.8 Å². The molecule has 14 heteroatoms. The molecule has 1 N–H and O–H groups in total. The zero-order valence-corrected chi connectivity index (χ0v) is 26.9. The first kappa shape index (κ1) is 33.5. The zero-order valence-electron chi connectivity index (χ0n) is 26.1. The van der Waals surface area contributed by atoms with E-state index in [1.54, 1.807) is 13.2 Å². The highest BCUT2D eigenvalue weighted by Crippen LogP contribution is 2.36. The Bertz CT molecular complexity index is 1760. The number of aliphatic imine (C=N–C) groups is 1. The lowest BCUT2D eigenvalue weighted by Gasteiger charge is -2.22. The van der Waals surface area contributed by atoms with Crippen molar-refractivity contribution in [2.75, 3.05) is 24.3 Å². The summed E-state index contributed by atoms with van der Waals surface area (Å²) in [5, 5.41) is 7.66. The van der Waals surface area contributed by atoms with Gasteiger partial charge in [-0.3, -0.25) is 9.69 Å². The molecule has 1 saturated heterocycles. The maximum atomic E-state index is 13.0. The van der Waals surface area contributed by atoms with Gasteiger partial charge in [-0.2, -0.15) is 4.99 Å². The number of hydrogen-bond acceptors (Lipinski definition) is 7. The monoisotopic (exact) mass is 666 g/mol. The fourth-order valence-electron chi connectivity index (χ4n) is 5.07. The van der Waals surface area contributed by atoms with Crippen LogP contribution in [0.25, 0.3) is 17.1 Å². The predicted octanol–water partition coefficient (Wildman–Crippen LogP) is 7.30. The number of nitrogens with zero attached hydrogens (tertiary/aromatic N) is 5. The molecule has 47 heavy (non-hydrogen) atoms. The largest absolute Gasteiger partial charge is 0.573 e. The lowest BCUT2D eigenvalue weighted by molar-refractivity contribution is -0.274. The van der Waals surface area contributed by atoms with Gasteiger partial charge in [0.25, 0.3) is 0 Å². The molecule has 0 spiro atoms. The van der Waals surface area contributed by atoms with Gasteiger partial charge in [-0.25, -0.2) is 14.5 Å². The number of hydrogen-bond donors (Lipinski definition) is 1. The van der Waals surface area contributed by atoms with E-state index in [9.17, 15) is 22.8 Å². The number of amidine groups is 1. The molecule has 1 aromatic heterocycles. The molecule has 1 aliphatic rings. The van der Waals surface area contributed by atoms with Gasteiger partial charge in [0, 0.05) is 24.1 Å². The Kier molecular flexibility index (Phi) is 10.2. The first-order valence-electron chi connectivity index (χ1n) is 14.8. The van der Waals surface area contributed by atoms with Gasteiger partial charge in [-0.1, -0.05) is 62.9 Å². The lowest BCUT2D eigenvalue weighted by Crippen LogP contribution is -2.33. The second-order valence-electron chi connectivity index (χ2n) is 11.0. The molecule has 5 rings (SSSR count). The maximum Gasteiger partial charge on any atom is 0.573 e. The molecule has 0 saturated carbocycles. The number of aromatic nitrogens is 3. The van der Waals surface area contributed by atoms with E-state index in [0.717, 1.165) is 23.1 Å². The Labute approximate surface area is 274 Å². The predicted molar refractivity (Wildman–Crippen MR) is 174 cm³/mol. The Morgan fingerprint density at radius 3 is 2.40 bits per heavy atom. The van der Waals surface area contributed by atoms with Crippen molar-refractivity contribution in [3.05, 3.63) is 84.2 Å². The third kappa shape index (κ3) is 8.12. The fraction of sp³-hybridized carbons (Fsp3) is 0.303. The SMILES string of the molecule is CCC(CNC(=O)/N=C1/SCC(=O)N1c1cc(OC)ccc1C(C)C)c1ccc(-c2ncn(-c3ccc(OC(F)(F)F)cc3)n2)cc1. The number of urea groups is 1. The second kappa shape index (κ2) is 14.3. The summed E-state index contributed by atoms with van der Waals surface area (Å²) >= 11 is 1.22. The summed E-state index contributed by atoms with van der Waals surface area (Å²) in [5.74, 6) is 0.874. The minimum absolute atomic E-state index is 0.00366. The van der Waals surface area contributed by atoms with Gasteiger partial charge in [0.2, 0.25) is 5.91 Å². The first-order chi connectivity index (χ1) is 22.5. The number of anilines is 1. The molecule has 3 aromatic carbocycles. The summed E-state index contributed by atoms with van der Waals surface area (Å²) < 4.78 is 48.1. The molecular formula is C33H33F3N6O4S. The van der Waals surface area contributed by atoms with E-state index in [1.165, 1.54) is 51.9 Å². The molecule has 1 aliphatic heterocycles. The van der Waals surface area contributed by atoms with E-state index in [2.05, 4.69) is 25.1 Å². The van der Waals surface area contributed by atoms with Gasteiger partial charge in [0.05, 0.1) is 24.2 Å². The van der Waals surface area contributed by atoms with Gasteiger partial charge < -0.3 is 14.8 Å². The number of carbonyl (C=O) groups is 2. The Morgan fingerprint density at radius 1 is 1.06 bits per heavy atom. The van der Waals surface area contributed by atoms with Crippen molar-refractivity contribution < 1.29 is 32.2 Å². The van der Waals surface area contributed by atoms with Crippen LogP contribution >= 0.6 is 11.8 Å². The van der Waals surface area contributed by atoms with E-state index >= 15 is 0 Å². The number of amides is 3. The van der Waals surface area contributed by atoms with Gasteiger partial charge >= 0.3 is 12.4 Å². The molecule has 0 radical (unpaired) electrons. The number of thioether (sulfide) groups is 1. The average Bonchev–Trinajstić information content (AvgIpc) is 3.68. The summed E-state index contributed by atoms with van der Waals surface area (Å²) in [5.41, 5.74) is 3.86. The summed E-state index contributed by atoms with van der Waals surface area (Å²) in [6.07, 6.45) is -2.54. The van der Waals surface area contributed by atoms with Gasteiger partial charge in [0.15, 0.2) is 11.0 Å². The highest BCUT2D eigenvalue weighted by atomic mass is 32.2. The minimum atomic E-state index is -4.76. The standard InChI is InChI=1S/C33H33F3N6O4S/c1-5-21(17-37-31(44)39-32-42(29(43)18-47-32)28-16-26(45-4)14-15-27(28)20(2)3)22-6-8-23(9-7-22)30-38-19-41(40-30)24-10-12-25(13-11-24)46-33(34,35)36/h6-16,19-21H,5,17-18H2,1-4H3,(H,37,44)/b39-32+. The van der Waals surface area contributed by atoms with E-state index in [4.69, 9.17) is 4.74 Å². The number of rotatable bonds is 10. The summed E-state index contributed by atoms with van der Waals surface area (Å²) in [6, 6.07) is 18.0.